The zero-order chi connectivity index (χ0) is 13.8. The second-order valence-electron chi connectivity index (χ2n) is 4.33. The molecule has 3 N–H and O–H groups in total. The van der Waals surface area contributed by atoms with Gasteiger partial charge < -0.3 is 25.3 Å². The van der Waals surface area contributed by atoms with E-state index in [1.807, 2.05) is 12.1 Å². The summed E-state index contributed by atoms with van der Waals surface area (Å²) in [6.45, 7) is 3.25. The van der Waals surface area contributed by atoms with Crippen molar-refractivity contribution >= 4 is 5.91 Å². The van der Waals surface area contributed by atoms with Crippen LogP contribution in [0, 0.1) is 0 Å². The Labute approximate surface area is 111 Å². The maximum absolute atomic E-state index is 11.0. The van der Waals surface area contributed by atoms with Gasteiger partial charge in [-0.15, -0.1) is 0 Å². The van der Waals surface area contributed by atoms with Gasteiger partial charge in [-0.2, -0.15) is 0 Å². The summed E-state index contributed by atoms with van der Waals surface area (Å²) < 4.78 is 16.3. The van der Waals surface area contributed by atoms with E-state index in [0.717, 1.165) is 5.56 Å². The molecule has 6 heteroatoms. The van der Waals surface area contributed by atoms with Crippen LogP contribution in [0.4, 0.5) is 0 Å². The Morgan fingerprint density at radius 3 is 2.89 bits per heavy atom. The first-order chi connectivity index (χ1) is 9.11. The third-order valence-corrected chi connectivity index (χ3v) is 2.93. The van der Waals surface area contributed by atoms with Gasteiger partial charge in [0.25, 0.3) is 0 Å². The molecule has 0 bridgehead atoms. The van der Waals surface area contributed by atoms with E-state index in [2.05, 4.69) is 5.32 Å². The molecule has 0 fully saturated rings. The minimum absolute atomic E-state index is 0.385. The number of methoxy groups -OCH3 is 1. The monoisotopic (exact) mass is 266 g/mol. The lowest BCUT2D eigenvalue weighted by Gasteiger charge is -2.21. The van der Waals surface area contributed by atoms with Gasteiger partial charge >= 0.3 is 0 Å². The van der Waals surface area contributed by atoms with Crippen LogP contribution < -0.4 is 25.3 Å². The lowest BCUT2D eigenvalue weighted by molar-refractivity contribution is -0.119. The van der Waals surface area contributed by atoms with Crippen molar-refractivity contribution < 1.29 is 19.0 Å². The molecule has 2 rings (SSSR count). The average molecular weight is 266 g/mol. The fourth-order valence-electron chi connectivity index (χ4n) is 1.80. The van der Waals surface area contributed by atoms with Crippen LogP contribution in [0.3, 0.4) is 0 Å². The summed E-state index contributed by atoms with van der Waals surface area (Å²) >= 11 is 0. The van der Waals surface area contributed by atoms with Crippen molar-refractivity contribution in [3.63, 3.8) is 0 Å². The van der Waals surface area contributed by atoms with Crippen molar-refractivity contribution in [3.8, 4) is 17.2 Å². The summed E-state index contributed by atoms with van der Waals surface area (Å²) in [7, 11) is 1.58. The number of hydrogen-bond acceptors (Lipinski definition) is 5. The zero-order valence-corrected chi connectivity index (χ0v) is 11.1. The maximum atomic E-state index is 11.0. The van der Waals surface area contributed by atoms with E-state index in [4.69, 9.17) is 19.9 Å². The van der Waals surface area contributed by atoms with Crippen LogP contribution in [0.2, 0.25) is 0 Å². The second-order valence-corrected chi connectivity index (χ2v) is 4.33. The molecule has 1 aromatic carbocycles. The Morgan fingerprint density at radius 1 is 1.47 bits per heavy atom. The Bertz CT molecular complexity index is 459. The lowest BCUT2D eigenvalue weighted by atomic mass is 10.1. The molecule has 1 aromatic rings. The highest BCUT2D eigenvalue weighted by atomic mass is 16.6. The summed E-state index contributed by atoms with van der Waals surface area (Å²) in [5.74, 6) is 1.53. The normalized spacial score (nSPS) is 14.8. The topological polar surface area (TPSA) is 82.8 Å². The van der Waals surface area contributed by atoms with Crippen LogP contribution in [-0.4, -0.2) is 32.3 Å². The number of fused-ring (bicyclic) bond motifs is 1. The van der Waals surface area contributed by atoms with Gasteiger partial charge in [-0.05, 0) is 24.6 Å². The summed E-state index contributed by atoms with van der Waals surface area (Å²) in [6.07, 6.45) is 0. The molecule has 0 aromatic heterocycles. The van der Waals surface area contributed by atoms with E-state index in [9.17, 15) is 4.79 Å². The standard InChI is InChI=1S/C13H18N2O4/c1-8(13(14)16)15-7-9-5-10(17-2)12-11(6-9)18-3-4-19-12/h5-6,8,15H,3-4,7H2,1-2H3,(H2,14,16). The van der Waals surface area contributed by atoms with Gasteiger partial charge in [0.1, 0.15) is 13.2 Å². The number of carbonyl (C=O) groups excluding carboxylic acids is 1. The van der Waals surface area contributed by atoms with Crippen molar-refractivity contribution in [1.82, 2.24) is 5.32 Å². The van der Waals surface area contributed by atoms with E-state index in [-0.39, 0.29) is 11.9 Å². The average Bonchev–Trinajstić information content (AvgIpc) is 2.43. The SMILES string of the molecule is COc1cc(CNC(C)C(N)=O)cc2c1OCCO2. The third kappa shape index (κ3) is 3.08. The fraction of sp³-hybridized carbons (Fsp3) is 0.462. The van der Waals surface area contributed by atoms with Crippen LogP contribution in [0.5, 0.6) is 17.2 Å². The smallest absolute Gasteiger partial charge is 0.234 e. The third-order valence-electron chi connectivity index (χ3n) is 2.93. The van der Waals surface area contributed by atoms with Gasteiger partial charge in [0, 0.05) is 6.54 Å². The number of rotatable bonds is 5. The molecule has 1 aliphatic heterocycles. The zero-order valence-electron chi connectivity index (χ0n) is 11.1. The Morgan fingerprint density at radius 2 is 2.21 bits per heavy atom. The maximum Gasteiger partial charge on any atom is 0.234 e. The van der Waals surface area contributed by atoms with E-state index < -0.39 is 0 Å². The summed E-state index contributed by atoms with van der Waals surface area (Å²) in [5, 5.41) is 3.03. The Balaban J connectivity index is 2.15. The molecule has 0 radical (unpaired) electrons. The molecule has 0 spiro atoms. The first-order valence-electron chi connectivity index (χ1n) is 6.11. The summed E-state index contributed by atoms with van der Waals surface area (Å²) in [4.78, 5) is 11.0. The molecule has 1 atom stereocenters. The molecule has 1 heterocycles. The van der Waals surface area contributed by atoms with Crippen LogP contribution >= 0.6 is 0 Å². The van der Waals surface area contributed by atoms with Gasteiger partial charge in [-0.25, -0.2) is 0 Å². The molecule has 1 unspecified atom stereocenters. The highest BCUT2D eigenvalue weighted by Gasteiger charge is 2.18. The number of carbonyl (C=O) groups is 1. The van der Waals surface area contributed by atoms with Gasteiger partial charge in [-0.1, -0.05) is 0 Å². The van der Waals surface area contributed by atoms with Crippen LogP contribution in [0.25, 0.3) is 0 Å². The molecule has 1 aliphatic rings. The first-order valence-corrected chi connectivity index (χ1v) is 6.11. The number of benzene rings is 1. The Hall–Kier alpha value is -1.95. The van der Waals surface area contributed by atoms with Crippen molar-refractivity contribution in [3.05, 3.63) is 17.7 Å². The van der Waals surface area contributed by atoms with Crippen LogP contribution in [-0.2, 0) is 11.3 Å². The van der Waals surface area contributed by atoms with Crippen molar-refractivity contribution in [2.45, 2.75) is 19.5 Å². The van der Waals surface area contributed by atoms with Gasteiger partial charge in [0.05, 0.1) is 13.2 Å². The largest absolute Gasteiger partial charge is 0.493 e. The highest BCUT2D eigenvalue weighted by Crippen LogP contribution is 2.40. The minimum Gasteiger partial charge on any atom is -0.493 e. The predicted octanol–water partition coefficient (Wildman–Crippen LogP) is 0.430. The van der Waals surface area contributed by atoms with Crippen molar-refractivity contribution in [1.29, 1.82) is 0 Å². The number of primary amides is 1. The molecule has 0 aliphatic carbocycles. The fourth-order valence-corrected chi connectivity index (χ4v) is 1.80. The molecule has 0 saturated heterocycles. The summed E-state index contributed by atoms with van der Waals surface area (Å²) in [6, 6.07) is 3.34. The molecule has 104 valence electrons. The predicted molar refractivity (Wildman–Crippen MR) is 69.5 cm³/mol. The van der Waals surface area contributed by atoms with E-state index >= 15 is 0 Å². The van der Waals surface area contributed by atoms with Crippen molar-refractivity contribution in [2.75, 3.05) is 20.3 Å². The molecular weight excluding hydrogens is 248 g/mol. The number of ether oxygens (including phenoxy) is 3. The van der Waals surface area contributed by atoms with Gasteiger partial charge in [0.2, 0.25) is 11.7 Å². The first kappa shape index (κ1) is 13.5. The lowest BCUT2D eigenvalue weighted by Crippen LogP contribution is -2.38. The number of hydrogen-bond donors (Lipinski definition) is 2. The summed E-state index contributed by atoms with van der Waals surface area (Å²) in [5.41, 5.74) is 6.14. The van der Waals surface area contributed by atoms with Crippen molar-refractivity contribution in [2.24, 2.45) is 5.73 Å². The Kier molecular flexibility index (Phi) is 4.11. The van der Waals surface area contributed by atoms with Crippen LogP contribution in [0.15, 0.2) is 12.1 Å². The molecule has 19 heavy (non-hydrogen) atoms. The molecule has 6 nitrogen and oxygen atoms in total. The molecule has 0 saturated carbocycles. The highest BCUT2D eigenvalue weighted by molar-refractivity contribution is 5.79. The number of nitrogens with two attached hydrogens (primary N) is 1. The second kappa shape index (κ2) is 5.79. The van der Waals surface area contributed by atoms with Crippen LogP contribution in [0.1, 0.15) is 12.5 Å². The van der Waals surface area contributed by atoms with E-state index in [1.54, 1.807) is 14.0 Å². The number of amides is 1. The van der Waals surface area contributed by atoms with Gasteiger partial charge in [-0.3, -0.25) is 4.79 Å². The van der Waals surface area contributed by atoms with Gasteiger partial charge in [0.15, 0.2) is 11.5 Å². The molecular formula is C13H18N2O4. The number of nitrogens with one attached hydrogen (secondary N) is 1. The molecule has 1 amide bonds. The van der Waals surface area contributed by atoms with E-state index in [1.165, 1.54) is 0 Å². The van der Waals surface area contributed by atoms with E-state index in [0.29, 0.717) is 37.0 Å². The quantitative estimate of drug-likeness (QED) is 0.807. The minimum atomic E-state index is -0.390.